The van der Waals surface area contributed by atoms with Crippen molar-refractivity contribution in [3.63, 3.8) is 0 Å². The van der Waals surface area contributed by atoms with Crippen LogP contribution in [-0.2, 0) is 4.79 Å². The smallest absolute Gasteiger partial charge is 0.319 e. The molecule has 1 aliphatic heterocycles. The summed E-state index contributed by atoms with van der Waals surface area (Å²) in [7, 11) is 0. The molecule has 3 aromatic rings. The van der Waals surface area contributed by atoms with Crippen LogP contribution in [0.3, 0.4) is 0 Å². The third-order valence-corrected chi connectivity index (χ3v) is 5.68. The molecule has 1 saturated heterocycles. The molecule has 1 saturated carbocycles. The standard InChI is InChI=1S/C20H23N7O2/c28-15-9-4-10-27(15)26-19-16-13-7-3-8-14(17(13)25-18(16)21-11-22-19)24-20(29)23-12-5-1-2-6-12/h3,7-8,11-12H,1-2,4-6,9-10H2,(H2,23,24,29)(H2,21,22,25,26). The maximum atomic E-state index is 12.4. The summed E-state index contributed by atoms with van der Waals surface area (Å²) in [4.78, 5) is 36.4. The van der Waals surface area contributed by atoms with E-state index in [-0.39, 0.29) is 18.0 Å². The molecule has 9 heteroatoms. The van der Waals surface area contributed by atoms with E-state index in [2.05, 4.69) is 31.0 Å². The number of hydrogen-bond donors (Lipinski definition) is 4. The number of aromatic nitrogens is 3. The molecule has 1 aromatic carbocycles. The summed E-state index contributed by atoms with van der Waals surface area (Å²) in [5.74, 6) is 0.631. The molecule has 1 aliphatic carbocycles. The molecular formula is C20H23N7O2. The Hall–Kier alpha value is -3.36. The monoisotopic (exact) mass is 393 g/mol. The van der Waals surface area contributed by atoms with E-state index in [9.17, 15) is 9.59 Å². The van der Waals surface area contributed by atoms with Gasteiger partial charge in [0.2, 0.25) is 5.91 Å². The number of rotatable bonds is 4. The van der Waals surface area contributed by atoms with Crippen molar-refractivity contribution in [2.45, 2.75) is 44.6 Å². The van der Waals surface area contributed by atoms with Gasteiger partial charge in [0, 0.05) is 24.4 Å². The molecule has 5 rings (SSSR count). The van der Waals surface area contributed by atoms with Crippen LogP contribution < -0.4 is 16.1 Å². The molecule has 2 aliphatic rings. The fraction of sp³-hybridized carbons (Fsp3) is 0.400. The van der Waals surface area contributed by atoms with Gasteiger partial charge in [-0.05, 0) is 25.3 Å². The lowest BCUT2D eigenvalue weighted by Gasteiger charge is -2.17. The molecule has 0 spiro atoms. The molecule has 0 atom stereocenters. The molecule has 3 amide bonds. The lowest BCUT2D eigenvalue weighted by Crippen LogP contribution is -2.36. The fourth-order valence-electron chi connectivity index (χ4n) is 4.25. The summed E-state index contributed by atoms with van der Waals surface area (Å²) in [6, 6.07) is 5.75. The summed E-state index contributed by atoms with van der Waals surface area (Å²) < 4.78 is 0. The van der Waals surface area contributed by atoms with Crippen LogP contribution in [0.2, 0.25) is 0 Å². The molecule has 0 unspecified atom stereocenters. The molecule has 2 aromatic heterocycles. The topological polar surface area (TPSA) is 115 Å². The van der Waals surface area contributed by atoms with Crippen LogP contribution in [0, 0.1) is 0 Å². The number of hydrogen-bond acceptors (Lipinski definition) is 5. The van der Waals surface area contributed by atoms with Crippen molar-refractivity contribution < 1.29 is 9.59 Å². The van der Waals surface area contributed by atoms with Crippen molar-refractivity contribution in [1.82, 2.24) is 25.3 Å². The SMILES string of the molecule is O=C(Nc1cccc2c1[nH]c1ncnc(NN3CCCC3=O)c12)NC1CCCC1. The van der Waals surface area contributed by atoms with Gasteiger partial charge in [-0.15, -0.1) is 0 Å². The van der Waals surface area contributed by atoms with Crippen molar-refractivity contribution in [2.75, 3.05) is 17.3 Å². The van der Waals surface area contributed by atoms with E-state index in [0.717, 1.165) is 48.4 Å². The van der Waals surface area contributed by atoms with E-state index < -0.39 is 0 Å². The van der Waals surface area contributed by atoms with E-state index in [0.29, 0.717) is 30.1 Å². The van der Waals surface area contributed by atoms with Gasteiger partial charge in [0.1, 0.15) is 12.0 Å². The second kappa shape index (κ2) is 7.23. The van der Waals surface area contributed by atoms with E-state index in [1.54, 1.807) is 5.01 Å². The molecule has 9 nitrogen and oxygen atoms in total. The molecule has 0 radical (unpaired) electrons. The van der Waals surface area contributed by atoms with Gasteiger partial charge in [-0.1, -0.05) is 25.0 Å². The van der Waals surface area contributed by atoms with Crippen molar-refractivity contribution in [1.29, 1.82) is 0 Å². The van der Waals surface area contributed by atoms with Gasteiger partial charge in [-0.25, -0.2) is 14.8 Å². The minimum atomic E-state index is -0.199. The Balaban J connectivity index is 1.47. The van der Waals surface area contributed by atoms with Gasteiger partial charge in [0.15, 0.2) is 5.82 Å². The Morgan fingerprint density at radius 1 is 1.17 bits per heavy atom. The molecule has 150 valence electrons. The second-order valence-corrected chi connectivity index (χ2v) is 7.64. The number of fused-ring (bicyclic) bond motifs is 3. The number of nitrogens with zero attached hydrogens (tertiary/aromatic N) is 3. The van der Waals surface area contributed by atoms with Gasteiger partial charge in [-0.2, -0.15) is 0 Å². The zero-order valence-electron chi connectivity index (χ0n) is 16.0. The first-order valence-corrected chi connectivity index (χ1v) is 10.1. The number of para-hydroxylation sites is 1. The quantitative estimate of drug-likeness (QED) is 0.544. The largest absolute Gasteiger partial charge is 0.337 e. The molecule has 0 bridgehead atoms. The van der Waals surface area contributed by atoms with Crippen LogP contribution in [0.15, 0.2) is 24.5 Å². The second-order valence-electron chi connectivity index (χ2n) is 7.64. The Labute approximate surface area is 167 Å². The predicted octanol–water partition coefficient (Wildman–Crippen LogP) is 3.12. The minimum Gasteiger partial charge on any atom is -0.337 e. The van der Waals surface area contributed by atoms with Gasteiger partial charge >= 0.3 is 6.03 Å². The van der Waals surface area contributed by atoms with Crippen molar-refractivity contribution in [3.05, 3.63) is 24.5 Å². The van der Waals surface area contributed by atoms with Gasteiger partial charge in [0.05, 0.1) is 16.6 Å². The number of amides is 3. The van der Waals surface area contributed by atoms with Crippen LogP contribution in [0.5, 0.6) is 0 Å². The number of carbonyl (C=O) groups is 2. The predicted molar refractivity (Wildman–Crippen MR) is 110 cm³/mol. The van der Waals surface area contributed by atoms with E-state index in [1.807, 2.05) is 18.2 Å². The summed E-state index contributed by atoms with van der Waals surface area (Å²) in [5.41, 5.74) is 5.24. The fourth-order valence-corrected chi connectivity index (χ4v) is 4.25. The van der Waals surface area contributed by atoms with Crippen LogP contribution in [-0.4, -0.2) is 44.5 Å². The third kappa shape index (κ3) is 3.32. The normalized spacial score (nSPS) is 17.4. The highest BCUT2D eigenvalue weighted by Gasteiger charge is 2.23. The number of aromatic amines is 1. The van der Waals surface area contributed by atoms with Crippen molar-refractivity contribution in [2.24, 2.45) is 0 Å². The highest BCUT2D eigenvalue weighted by atomic mass is 16.2. The van der Waals surface area contributed by atoms with Crippen molar-refractivity contribution in [3.8, 4) is 0 Å². The zero-order chi connectivity index (χ0) is 19.8. The number of nitrogens with one attached hydrogen (secondary N) is 4. The number of hydrazine groups is 1. The molecular weight excluding hydrogens is 370 g/mol. The number of H-pyrrole nitrogens is 1. The molecule has 3 heterocycles. The minimum absolute atomic E-state index is 0.0579. The first-order valence-electron chi connectivity index (χ1n) is 10.1. The maximum Gasteiger partial charge on any atom is 0.319 e. The van der Waals surface area contributed by atoms with Crippen LogP contribution in [0.25, 0.3) is 21.9 Å². The summed E-state index contributed by atoms with van der Waals surface area (Å²) >= 11 is 0. The maximum absolute atomic E-state index is 12.4. The first-order chi connectivity index (χ1) is 14.2. The Morgan fingerprint density at radius 2 is 2.03 bits per heavy atom. The lowest BCUT2D eigenvalue weighted by atomic mass is 10.2. The highest BCUT2D eigenvalue weighted by Crippen LogP contribution is 2.33. The van der Waals surface area contributed by atoms with Gasteiger partial charge in [0.25, 0.3) is 0 Å². The van der Waals surface area contributed by atoms with Crippen LogP contribution >= 0.6 is 0 Å². The Morgan fingerprint density at radius 3 is 2.83 bits per heavy atom. The molecule has 29 heavy (non-hydrogen) atoms. The lowest BCUT2D eigenvalue weighted by molar-refractivity contribution is -0.126. The molecule has 2 fully saturated rings. The summed E-state index contributed by atoms with van der Waals surface area (Å²) in [5, 5.41) is 9.27. The summed E-state index contributed by atoms with van der Waals surface area (Å²) in [6.45, 7) is 0.654. The number of benzene rings is 1. The molecule has 4 N–H and O–H groups in total. The average molecular weight is 393 g/mol. The van der Waals surface area contributed by atoms with E-state index in [4.69, 9.17) is 0 Å². The van der Waals surface area contributed by atoms with Gasteiger partial charge < -0.3 is 15.6 Å². The summed E-state index contributed by atoms with van der Waals surface area (Å²) in [6.07, 6.45) is 7.22. The Bertz CT molecular complexity index is 1090. The van der Waals surface area contributed by atoms with Crippen molar-refractivity contribution >= 4 is 45.4 Å². The zero-order valence-corrected chi connectivity index (χ0v) is 16.0. The average Bonchev–Trinajstić information content (AvgIpc) is 3.43. The van der Waals surface area contributed by atoms with Crippen LogP contribution in [0.4, 0.5) is 16.3 Å². The van der Waals surface area contributed by atoms with E-state index >= 15 is 0 Å². The Kier molecular flexibility index (Phi) is 4.42. The third-order valence-electron chi connectivity index (χ3n) is 5.68. The highest BCUT2D eigenvalue weighted by molar-refractivity contribution is 6.15. The van der Waals surface area contributed by atoms with Crippen LogP contribution in [0.1, 0.15) is 38.5 Å². The number of carbonyl (C=O) groups excluding carboxylic acids is 2. The number of anilines is 2. The van der Waals surface area contributed by atoms with E-state index in [1.165, 1.54) is 6.33 Å². The number of urea groups is 1. The van der Waals surface area contributed by atoms with Gasteiger partial charge in [-0.3, -0.25) is 15.2 Å². The first kappa shape index (κ1) is 17.7.